The molecule has 0 radical (unpaired) electrons. The van der Waals surface area contributed by atoms with Crippen LogP contribution in [-0.2, 0) is 11.1 Å². The summed E-state index contributed by atoms with van der Waals surface area (Å²) in [7, 11) is 0. The molecule has 1 N–H and O–H groups in total. The summed E-state index contributed by atoms with van der Waals surface area (Å²) < 4.78 is 30.7. The number of thiophene rings is 1. The number of rotatable bonds is 1. The Morgan fingerprint density at radius 2 is 2.33 bits per heavy atom. The monoisotopic (exact) mass is 166 g/mol. The van der Waals surface area contributed by atoms with Crippen LogP contribution in [0.2, 0.25) is 0 Å². The van der Waals surface area contributed by atoms with Gasteiger partial charge in [-0.25, -0.2) is 4.21 Å². The Kier molecular flexibility index (Phi) is 1.94. The summed E-state index contributed by atoms with van der Waals surface area (Å²) in [5.74, 6) is 0. The van der Waals surface area contributed by atoms with E-state index in [9.17, 15) is 8.60 Å². The molecule has 0 fully saturated rings. The normalized spacial score (nSPS) is 13.6. The summed E-state index contributed by atoms with van der Waals surface area (Å²) in [5.41, 5.74) is 0. The third-order valence-corrected chi connectivity index (χ3v) is 2.55. The lowest BCUT2D eigenvalue weighted by Gasteiger charge is -1.80. The van der Waals surface area contributed by atoms with Crippen molar-refractivity contribution in [2.45, 2.75) is 4.21 Å². The summed E-state index contributed by atoms with van der Waals surface area (Å²) in [4.78, 5) is 0. The third-order valence-electron chi connectivity index (χ3n) is 0.721. The van der Waals surface area contributed by atoms with E-state index in [0.29, 0.717) is 11.3 Å². The zero-order valence-electron chi connectivity index (χ0n) is 4.20. The lowest BCUT2D eigenvalue weighted by atomic mass is 10.7. The first kappa shape index (κ1) is 6.85. The van der Waals surface area contributed by atoms with Crippen LogP contribution < -0.4 is 0 Å². The van der Waals surface area contributed by atoms with Gasteiger partial charge in [-0.05, 0) is 12.1 Å². The van der Waals surface area contributed by atoms with Crippen molar-refractivity contribution in [3.05, 3.63) is 17.3 Å². The third kappa shape index (κ3) is 1.57. The fraction of sp³-hybridized carbons (Fsp3) is 0. The minimum absolute atomic E-state index is 0.146. The van der Waals surface area contributed by atoms with Crippen molar-refractivity contribution >= 4 is 22.4 Å². The Hall–Kier alpha value is -0.260. The van der Waals surface area contributed by atoms with Crippen molar-refractivity contribution in [2.24, 2.45) is 0 Å². The fourth-order valence-electron chi connectivity index (χ4n) is 0.392. The molecule has 2 nitrogen and oxygen atoms in total. The number of hydrogen-bond donors (Lipinski definition) is 1. The van der Waals surface area contributed by atoms with E-state index >= 15 is 0 Å². The van der Waals surface area contributed by atoms with Gasteiger partial charge < -0.3 is 4.55 Å². The van der Waals surface area contributed by atoms with Crippen LogP contribution in [0.25, 0.3) is 0 Å². The highest BCUT2D eigenvalue weighted by molar-refractivity contribution is 7.81. The molecule has 0 aliphatic heterocycles. The minimum atomic E-state index is -2.03. The standard InChI is InChI=1S/C4H3FO2S2/c5-3-1-2-4(8-3)9(6)7/h1-2H,(H,6,7). The summed E-state index contributed by atoms with van der Waals surface area (Å²) in [6.45, 7) is 0. The number of halogens is 1. The molecule has 1 aromatic rings. The van der Waals surface area contributed by atoms with Crippen LogP contribution in [0.15, 0.2) is 16.3 Å². The van der Waals surface area contributed by atoms with Gasteiger partial charge in [-0.2, -0.15) is 4.39 Å². The summed E-state index contributed by atoms with van der Waals surface area (Å²) in [6, 6.07) is 2.45. The summed E-state index contributed by atoms with van der Waals surface area (Å²) >= 11 is -1.35. The summed E-state index contributed by atoms with van der Waals surface area (Å²) in [6.07, 6.45) is 0. The molecule has 0 saturated heterocycles. The van der Waals surface area contributed by atoms with E-state index in [1.54, 1.807) is 0 Å². The van der Waals surface area contributed by atoms with Crippen molar-refractivity contribution in [1.82, 2.24) is 0 Å². The second kappa shape index (κ2) is 2.55. The molecule has 0 aliphatic carbocycles. The van der Waals surface area contributed by atoms with Gasteiger partial charge in [-0.1, -0.05) is 11.3 Å². The molecule has 1 rings (SSSR count). The maximum Gasteiger partial charge on any atom is 0.196 e. The maximum absolute atomic E-state index is 12.1. The molecule has 0 spiro atoms. The predicted octanol–water partition coefficient (Wildman–Crippen LogP) is 1.47. The Morgan fingerprint density at radius 3 is 2.56 bits per heavy atom. The SMILES string of the molecule is O=S(O)c1ccc(F)s1. The average Bonchev–Trinajstić information content (AvgIpc) is 2.14. The van der Waals surface area contributed by atoms with Crippen LogP contribution in [0.5, 0.6) is 0 Å². The van der Waals surface area contributed by atoms with Crippen LogP contribution in [0, 0.1) is 5.13 Å². The second-order valence-corrected chi connectivity index (χ2v) is 3.54. The Balaban J connectivity index is 2.98. The quantitative estimate of drug-likeness (QED) is 0.641. The molecule has 1 heterocycles. The van der Waals surface area contributed by atoms with E-state index in [4.69, 9.17) is 4.55 Å². The average molecular weight is 166 g/mol. The van der Waals surface area contributed by atoms with Crippen LogP contribution in [0.4, 0.5) is 4.39 Å². The molecule has 9 heavy (non-hydrogen) atoms. The molecule has 1 unspecified atom stereocenters. The molecule has 0 amide bonds. The number of hydrogen-bond acceptors (Lipinski definition) is 2. The Bertz CT molecular complexity index is 232. The fourth-order valence-corrected chi connectivity index (χ4v) is 1.56. The van der Waals surface area contributed by atoms with Crippen molar-refractivity contribution < 1.29 is 13.2 Å². The van der Waals surface area contributed by atoms with Gasteiger partial charge in [-0.15, -0.1) is 0 Å². The van der Waals surface area contributed by atoms with E-state index in [2.05, 4.69) is 0 Å². The van der Waals surface area contributed by atoms with Gasteiger partial charge in [0.05, 0.1) is 0 Å². The Labute approximate surface area is 57.6 Å². The molecule has 1 aromatic heterocycles. The second-order valence-electron chi connectivity index (χ2n) is 1.31. The van der Waals surface area contributed by atoms with Gasteiger partial charge in [0, 0.05) is 0 Å². The first-order valence-electron chi connectivity index (χ1n) is 2.06. The van der Waals surface area contributed by atoms with E-state index in [1.807, 2.05) is 0 Å². The highest BCUT2D eigenvalue weighted by atomic mass is 32.2. The van der Waals surface area contributed by atoms with Crippen LogP contribution in [0.3, 0.4) is 0 Å². The van der Waals surface area contributed by atoms with E-state index in [1.165, 1.54) is 6.07 Å². The molecule has 5 heteroatoms. The van der Waals surface area contributed by atoms with Crippen LogP contribution in [-0.4, -0.2) is 8.76 Å². The van der Waals surface area contributed by atoms with Crippen LogP contribution >= 0.6 is 11.3 Å². The van der Waals surface area contributed by atoms with Gasteiger partial charge in [-0.3, -0.25) is 0 Å². The highest BCUT2D eigenvalue weighted by Crippen LogP contribution is 2.16. The minimum Gasteiger partial charge on any atom is -0.302 e. The predicted molar refractivity (Wildman–Crippen MR) is 33.3 cm³/mol. The topological polar surface area (TPSA) is 37.3 Å². The van der Waals surface area contributed by atoms with Gasteiger partial charge >= 0.3 is 0 Å². The molecular formula is C4H3FO2S2. The lowest BCUT2D eigenvalue weighted by Crippen LogP contribution is -1.79. The molecule has 0 aromatic carbocycles. The molecular weight excluding hydrogens is 163 g/mol. The molecule has 50 valence electrons. The van der Waals surface area contributed by atoms with E-state index < -0.39 is 16.2 Å². The molecule has 1 atom stereocenters. The molecule has 0 aliphatic rings. The van der Waals surface area contributed by atoms with E-state index in [0.717, 1.165) is 6.07 Å². The van der Waals surface area contributed by atoms with Gasteiger partial charge in [0.2, 0.25) is 0 Å². The zero-order valence-corrected chi connectivity index (χ0v) is 5.84. The van der Waals surface area contributed by atoms with Crippen molar-refractivity contribution in [3.8, 4) is 0 Å². The van der Waals surface area contributed by atoms with Gasteiger partial charge in [0.1, 0.15) is 4.21 Å². The zero-order chi connectivity index (χ0) is 6.85. The van der Waals surface area contributed by atoms with E-state index in [-0.39, 0.29) is 4.21 Å². The maximum atomic E-state index is 12.1. The van der Waals surface area contributed by atoms with Gasteiger partial charge in [0.25, 0.3) is 0 Å². The first-order chi connectivity index (χ1) is 4.20. The highest BCUT2D eigenvalue weighted by Gasteiger charge is 2.02. The van der Waals surface area contributed by atoms with Crippen molar-refractivity contribution in [1.29, 1.82) is 0 Å². The van der Waals surface area contributed by atoms with Crippen LogP contribution in [0.1, 0.15) is 0 Å². The van der Waals surface area contributed by atoms with Gasteiger partial charge in [0.15, 0.2) is 16.2 Å². The first-order valence-corrected chi connectivity index (χ1v) is 3.98. The van der Waals surface area contributed by atoms with Crippen molar-refractivity contribution in [2.75, 3.05) is 0 Å². The summed E-state index contributed by atoms with van der Waals surface area (Å²) in [5, 5.41) is -0.438. The smallest absolute Gasteiger partial charge is 0.196 e. The Morgan fingerprint density at radius 1 is 1.67 bits per heavy atom. The largest absolute Gasteiger partial charge is 0.302 e. The molecule has 0 saturated carbocycles. The molecule has 0 bridgehead atoms. The van der Waals surface area contributed by atoms with Crippen molar-refractivity contribution in [3.63, 3.8) is 0 Å². The lowest BCUT2D eigenvalue weighted by molar-refractivity contribution is 0.566.